The Bertz CT molecular complexity index is 1520. The minimum Gasteiger partial charge on any atom is -0.467 e. The maximum absolute atomic E-state index is 11.8. The van der Waals surface area contributed by atoms with Crippen LogP contribution in [0.3, 0.4) is 0 Å². The molecule has 0 radical (unpaired) electrons. The van der Waals surface area contributed by atoms with Crippen molar-refractivity contribution < 1.29 is 23.2 Å². The molecular weight excluding hydrogens is 573 g/mol. The highest BCUT2D eigenvalue weighted by molar-refractivity contribution is 6.36. The smallest absolute Gasteiger partial charge is 0.358 e. The van der Waals surface area contributed by atoms with E-state index in [1.165, 1.54) is 7.11 Å². The molecule has 4 aromatic rings. The number of furan rings is 2. The van der Waals surface area contributed by atoms with Crippen LogP contribution >= 0.6 is 23.2 Å². The van der Waals surface area contributed by atoms with Crippen molar-refractivity contribution in [1.29, 1.82) is 0 Å². The van der Waals surface area contributed by atoms with Crippen molar-refractivity contribution in [2.24, 2.45) is 5.73 Å². The molecule has 0 bridgehead atoms. The van der Waals surface area contributed by atoms with Crippen LogP contribution in [0.15, 0.2) is 45.6 Å². The van der Waals surface area contributed by atoms with Gasteiger partial charge in [-0.25, -0.2) is 24.7 Å². The molecule has 2 aliphatic carbocycles. The Morgan fingerprint density at radius 2 is 1.32 bits per heavy atom. The van der Waals surface area contributed by atoms with Gasteiger partial charge in [0.05, 0.1) is 32.7 Å². The van der Waals surface area contributed by atoms with E-state index in [0.29, 0.717) is 48.2 Å². The molecule has 4 aromatic heterocycles. The zero-order valence-electron chi connectivity index (χ0n) is 22.0. The molecule has 214 valence electrons. The van der Waals surface area contributed by atoms with Gasteiger partial charge in [0, 0.05) is 11.8 Å². The number of esters is 1. The van der Waals surface area contributed by atoms with Crippen LogP contribution in [0.1, 0.15) is 81.7 Å². The predicted molar refractivity (Wildman–Crippen MR) is 150 cm³/mol. The molecule has 0 spiro atoms. The van der Waals surface area contributed by atoms with Gasteiger partial charge in [0.25, 0.3) is 5.91 Å². The third kappa shape index (κ3) is 7.14. The number of carbonyl (C=O) groups is 2. The summed E-state index contributed by atoms with van der Waals surface area (Å²) in [6, 6.07) is 7.27. The van der Waals surface area contributed by atoms with Gasteiger partial charge < -0.3 is 29.9 Å². The van der Waals surface area contributed by atoms with Gasteiger partial charge in [-0.15, -0.1) is 0 Å². The lowest BCUT2D eigenvalue weighted by Gasteiger charge is -2.11. The minimum absolute atomic E-state index is 0.0607. The van der Waals surface area contributed by atoms with Gasteiger partial charge in [-0.3, -0.25) is 4.79 Å². The van der Waals surface area contributed by atoms with Gasteiger partial charge in [-0.1, -0.05) is 23.2 Å². The Hall–Kier alpha value is -4.16. The van der Waals surface area contributed by atoms with Gasteiger partial charge in [0.1, 0.15) is 44.9 Å². The number of ether oxygens (including phenoxy) is 1. The lowest BCUT2D eigenvalue weighted by molar-refractivity contribution is 0.0593. The summed E-state index contributed by atoms with van der Waals surface area (Å²) in [4.78, 5) is 40.3. The van der Waals surface area contributed by atoms with Crippen LogP contribution < -0.4 is 16.4 Å². The van der Waals surface area contributed by atoms with Crippen molar-refractivity contribution >= 4 is 46.7 Å². The first-order chi connectivity index (χ1) is 19.8. The predicted octanol–water partition coefficient (Wildman–Crippen LogP) is 5.31. The maximum Gasteiger partial charge on any atom is 0.358 e. The number of primary amides is 1. The molecule has 41 heavy (non-hydrogen) atoms. The van der Waals surface area contributed by atoms with Crippen LogP contribution in [-0.2, 0) is 17.8 Å². The van der Waals surface area contributed by atoms with Crippen LogP contribution in [0.25, 0.3) is 0 Å². The number of halogens is 2. The van der Waals surface area contributed by atoms with E-state index < -0.39 is 11.9 Å². The van der Waals surface area contributed by atoms with E-state index in [2.05, 4.69) is 30.6 Å². The molecule has 2 aliphatic rings. The summed E-state index contributed by atoms with van der Waals surface area (Å²) < 4.78 is 15.2. The first kappa shape index (κ1) is 28.4. The topological polar surface area (TPSA) is 171 Å². The number of amides is 1. The zero-order chi connectivity index (χ0) is 28.9. The van der Waals surface area contributed by atoms with Crippen LogP contribution in [0.5, 0.6) is 0 Å². The number of aromatic nitrogens is 4. The molecule has 0 aromatic carbocycles. The average molecular weight is 600 g/mol. The molecule has 4 N–H and O–H groups in total. The van der Waals surface area contributed by atoms with Gasteiger partial charge in [0.2, 0.25) is 0 Å². The summed E-state index contributed by atoms with van der Waals surface area (Å²) in [5.74, 6) is 2.95. The van der Waals surface area contributed by atoms with Crippen molar-refractivity contribution in [2.45, 2.75) is 50.6 Å². The Labute approximate surface area is 245 Å². The second kappa shape index (κ2) is 12.6. The van der Waals surface area contributed by atoms with E-state index in [4.69, 9.17) is 42.5 Å². The second-order valence-electron chi connectivity index (χ2n) is 9.46. The SMILES string of the molecule is COC(=O)c1nc(C2CC2)nc(NCc2ccco2)c1Cl.NC(=O)c1nc(C2CC2)nc(NCc2ccco2)c1Cl. The third-order valence-electron chi connectivity index (χ3n) is 6.25. The largest absolute Gasteiger partial charge is 0.467 e. The first-order valence-corrected chi connectivity index (χ1v) is 13.6. The third-order valence-corrected chi connectivity index (χ3v) is 6.97. The summed E-state index contributed by atoms with van der Waals surface area (Å²) in [6.07, 6.45) is 7.28. The Kier molecular flexibility index (Phi) is 8.70. The molecular formula is C27H27Cl2N7O5. The molecule has 6 rings (SSSR count). The number of anilines is 2. The fraction of sp³-hybridized carbons (Fsp3) is 0.333. The minimum atomic E-state index is -0.652. The fourth-order valence-corrected chi connectivity index (χ4v) is 4.25. The van der Waals surface area contributed by atoms with Crippen LogP contribution in [0.4, 0.5) is 11.6 Å². The van der Waals surface area contributed by atoms with Crippen molar-refractivity contribution in [1.82, 2.24) is 19.9 Å². The average Bonchev–Trinajstić information content (AvgIpc) is 3.89. The summed E-state index contributed by atoms with van der Waals surface area (Å²) in [5, 5.41) is 6.43. The number of rotatable bonds is 10. The van der Waals surface area contributed by atoms with Crippen molar-refractivity contribution in [3.05, 3.63) is 81.4 Å². The summed E-state index contributed by atoms with van der Waals surface area (Å²) in [7, 11) is 1.30. The highest BCUT2D eigenvalue weighted by atomic mass is 35.5. The first-order valence-electron chi connectivity index (χ1n) is 12.9. The normalized spacial score (nSPS) is 14.1. The van der Waals surface area contributed by atoms with Gasteiger partial charge >= 0.3 is 5.97 Å². The number of nitrogens with zero attached hydrogens (tertiary/aromatic N) is 4. The van der Waals surface area contributed by atoms with Crippen molar-refractivity contribution in [3.63, 3.8) is 0 Å². The molecule has 0 atom stereocenters. The molecule has 0 saturated heterocycles. The highest BCUT2D eigenvalue weighted by Crippen LogP contribution is 2.40. The van der Waals surface area contributed by atoms with E-state index in [9.17, 15) is 9.59 Å². The van der Waals surface area contributed by atoms with E-state index in [0.717, 1.165) is 37.2 Å². The number of hydrogen-bond acceptors (Lipinski definition) is 11. The second-order valence-corrected chi connectivity index (χ2v) is 10.2. The number of hydrogen-bond donors (Lipinski definition) is 3. The van der Waals surface area contributed by atoms with Crippen LogP contribution in [-0.4, -0.2) is 38.9 Å². The molecule has 12 nitrogen and oxygen atoms in total. The van der Waals surface area contributed by atoms with Crippen LogP contribution in [0.2, 0.25) is 10.0 Å². The Morgan fingerprint density at radius 1 is 0.854 bits per heavy atom. The summed E-state index contributed by atoms with van der Waals surface area (Å²) >= 11 is 12.3. The molecule has 0 aliphatic heterocycles. The molecule has 14 heteroatoms. The van der Waals surface area contributed by atoms with Crippen molar-refractivity contribution in [2.75, 3.05) is 17.7 Å². The van der Waals surface area contributed by atoms with E-state index >= 15 is 0 Å². The number of methoxy groups -OCH3 is 1. The van der Waals surface area contributed by atoms with Crippen molar-refractivity contribution in [3.8, 4) is 0 Å². The zero-order valence-corrected chi connectivity index (χ0v) is 23.5. The Morgan fingerprint density at radius 3 is 1.71 bits per heavy atom. The number of nitrogens with two attached hydrogens (primary N) is 1. The monoisotopic (exact) mass is 599 g/mol. The lowest BCUT2D eigenvalue weighted by atomic mass is 10.3. The molecule has 2 saturated carbocycles. The Balaban J connectivity index is 0.000000165. The summed E-state index contributed by atoms with van der Waals surface area (Å²) in [6.45, 7) is 0.848. The maximum atomic E-state index is 11.8. The fourth-order valence-electron chi connectivity index (χ4n) is 3.77. The highest BCUT2D eigenvalue weighted by Gasteiger charge is 2.31. The summed E-state index contributed by atoms with van der Waals surface area (Å²) in [5.41, 5.74) is 5.46. The van der Waals surface area contributed by atoms with Gasteiger partial charge in [0.15, 0.2) is 11.4 Å². The quantitative estimate of drug-likeness (QED) is 0.202. The lowest BCUT2D eigenvalue weighted by Crippen LogP contribution is -2.17. The van der Waals surface area contributed by atoms with E-state index in [1.807, 2.05) is 12.1 Å². The van der Waals surface area contributed by atoms with E-state index in [-0.39, 0.29) is 21.4 Å². The standard InChI is InChI=1S/C14H14ClN3O3.C13H13ClN4O2/c1-20-14(19)11-10(15)13(16-7-9-3-2-6-21-9)18-12(17-11)8-4-5-8;14-9-10(11(15)19)17-12(7-3-4-7)18-13(9)16-6-8-2-1-5-20-8/h2-3,6,8H,4-5,7H2,1H3,(H,16,17,18);1-2,5,7H,3-4,6H2,(H2,15,19)(H,16,17,18). The van der Waals surface area contributed by atoms with Gasteiger partial charge in [-0.05, 0) is 49.9 Å². The number of nitrogens with one attached hydrogen (secondary N) is 2. The molecule has 2 fully saturated rings. The van der Waals surface area contributed by atoms with E-state index in [1.54, 1.807) is 24.7 Å². The van der Waals surface area contributed by atoms with Crippen LogP contribution in [0, 0.1) is 0 Å². The number of carbonyl (C=O) groups excluding carboxylic acids is 2. The molecule has 4 heterocycles. The van der Waals surface area contributed by atoms with Gasteiger partial charge in [-0.2, -0.15) is 0 Å². The molecule has 1 amide bonds. The molecule has 0 unspecified atom stereocenters.